The zero-order valence-electron chi connectivity index (χ0n) is 22.3. The van der Waals surface area contributed by atoms with Crippen LogP contribution in [0.25, 0.3) is 0 Å². The van der Waals surface area contributed by atoms with E-state index in [9.17, 15) is 27.6 Å². The van der Waals surface area contributed by atoms with Gasteiger partial charge in [0.25, 0.3) is 0 Å². The van der Waals surface area contributed by atoms with Crippen LogP contribution in [0.3, 0.4) is 0 Å². The largest absolute Gasteiger partial charge is 0.464 e. The molecule has 0 aliphatic carbocycles. The molecule has 10 nitrogen and oxygen atoms in total. The monoisotopic (exact) mass is 532 g/mol. The van der Waals surface area contributed by atoms with E-state index in [-0.39, 0.29) is 17.9 Å². The maximum Gasteiger partial charge on any atom is 0.424 e. The van der Waals surface area contributed by atoms with E-state index in [1.165, 1.54) is 12.3 Å². The first-order chi connectivity index (χ1) is 16.9. The van der Waals surface area contributed by atoms with Crippen LogP contribution in [0.15, 0.2) is 12.3 Å². The number of anilines is 2. The van der Waals surface area contributed by atoms with Crippen LogP contribution in [-0.4, -0.2) is 85.3 Å². The molecule has 0 atom stereocenters. The predicted molar refractivity (Wildman–Crippen MR) is 130 cm³/mol. The fraction of sp³-hybridized carbons (Fsp3) is 0.667. The van der Waals surface area contributed by atoms with Crippen LogP contribution in [0, 0.1) is 0 Å². The molecule has 1 aromatic rings. The second-order valence-electron chi connectivity index (χ2n) is 10.5. The first-order valence-corrected chi connectivity index (χ1v) is 11.8. The molecule has 0 spiro atoms. The van der Waals surface area contributed by atoms with Crippen molar-refractivity contribution in [1.82, 2.24) is 9.88 Å². The summed E-state index contributed by atoms with van der Waals surface area (Å²) in [7, 11) is 1.13. The van der Waals surface area contributed by atoms with E-state index in [1.54, 1.807) is 46.4 Å². The fourth-order valence-corrected chi connectivity index (χ4v) is 3.44. The molecular weight excluding hydrogens is 497 g/mol. The van der Waals surface area contributed by atoms with Gasteiger partial charge in [-0.1, -0.05) is 0 Å². The molecular formula is C24H35F3N4O6. The van der Waals surface area contributed by atoms with Crippen molar-refractivity contribution >= 4 is 29.5 Å². The van der Waals surface area contributed by atoms with Gasteiger partial charge in [0.2, 0.25) is 0 Å². The Balaban J connectivity index is 2.43. The summed E-state index contributed by atoms with van der Waals surface area (Å²) >= 11 is 0. The van der Waals surface area contributed by atoms with E-state index in [2.05, 4.69) is 4.98 Å². The molecule has 1 aromatic heterocycles. The van der Waals surface area contributed by atoms with E-state index >= 15 is 0 Å². The number of amides is 2. The van der Waals surface area contributed by atoms with Gasteiger partial charge in [0.15, 0.2) is 5.69 Å². The molecule has 0 bridgehead atoms. The van der Waals surface area contributed by atoms with Crippen molar-refractivity contribution in [3.8, 4) is 0 Å². The zero-order valence-corrected chi connectivity index (χ0v) is 22.3. The quantitative estimate of drug-likeness (QED) is 0.397. The third kappa shape index (κ3) is 9.38. The van der Waals surface area contributed by atoms with Gasteiger partial charge in [0.1, 0.15) is 11.2 Å². The van der Waals surface area contributed by atoms with Crippen molar-refractivity contribution in [1.29, 1.82) is 0 Å². The lowest BCUT2D eigenvalue weighted by molar-refractivity contribution is -0.138. The number of esters is 1. The molecule has 0 aromatic carbocycles. The van der Waals surface area contributed by atoms with Crippen LogP contribution in [0.1, 0.15) is 58.5 Å². The average Bonchev–Trinajstić information content (AvgIpc) is 2.74. The number of hydrogen-bond donors (Lipinski definition) is 0. The van der Waals surface area contributed by atoms with E-state index in [0.717, 1.165) is 7.11 Å². The smallest absolute Gasteiger partial charge is 0.424 e. The number of halogens is 3. The fourth-order valence-electron chi connectivity index (χ4n) is 3.44. The van der Waals surface area contributed by atoms with Crippen molar-refractivity contribution in [2.75, 3.05) is 49.6 Å². The number of pyridine rings is 1. The van der Waals surface area contributed by atoms with Gasteiger partial charge >= 0.3 is 24.3 Å². The van der Waals surface area contributed by atoms with Gasteiger partial charge in [-0.05, 0) is 47.6 Å². The number of alkyl halides is 3. The average molecular weight is 533 g/mol. The molecule has 0 unspecified atom stereocenters. The summed E-state index contributed by atoms with van der Waals surface area (Å²) in [5.41, 5.74) is -2.00. The second-order valence-corrected chi connectivity index (χ2v) is 10.5. The highest BCUT2D eigenvalue weighted by atomic mass is 19.4. The maximum absolute atomic E-state index is 13.1. The number of hydrogen-bond acceptors (Lipinski definition) is 9. The molecule has 13 heteroatoms. The molecule has 1 aliphatic heterocycles. The van der Waals surface area contributed by atoms with Crippen molar-refractivity contribution < 1.29 is 41.8 Å². The minimum atomic E-state index is -4.23. The molecule has 2 amide bonds. The Morgan fingerprint density at radius 2 is 1.46 bits per heavy atom. The Kier molecular flexibility index (Phi) is 9.39. The molecule has 0 N–H and O–H groups in total. The van der Waals surface area contributed by atoms with E-state index < -0.39 is 42.0 Å². The normalized spacial score (nSPS) is 15.2. The number of rotatable bonds is 5. The second kappa shape index (κ2) is 11.5. The summed E-state index contributed by atoms with van der Waals surface area (Å²) in [5, 5.41) is 0. The van der Waals surface area contributed by atoms with Gasteiger partial charge in [-0.2, -0.15) is 18.1 Å². The Labute approximate surface area is 214 Å². The maximum atomic E-state index is 13.1. The van der Waals surface area contributed by atoms with Crippen LogP contribution in [0.4, 0.5) is 34.1 Å². The van der Waals surface area contributed by atoms with Crippen molar-refractivity contribution in [2.45, 2.75) is 65.3 Å². The van der Waals surface area contributed by atoms with Crippen LogP contribution in [0.2, 0.25) is 0 Å². The Hall–Kier alpha value is -3.09. The van der Waals surface area contributed by atoms with Crippen LogP contribution in [0.5, 0.6) is 0 Å². The molecule has 37 heavy (non-hydrogen) atoms. The number of piperazine rings is 1. The number of carbonyl (C=O) groups is 3. The third-order valence-corrected chi connectivity index (χ3v) is 5.07. The summed E-state index contributed by atoms with van der Waals surface area (Å²) in [5.74, 6) is -0.893. The Morgan fingerprint density at radius 3 is 1.89 bits per heavy atom. The van der Waals surface area contributed by atoms with Gasteiger partial charge in [0.05, 0.1) is 31.1 Å². The molecule has 1 aliphatic rings. The number of nitrogens with zero attached hydrogens (tertiary/aromatic N) is 4. The molecule has 208 valence electrons. The summed E-state index contributed by atoms with van der Waals surface area (Å²) in [6.07, 6.45) is -5.91. The zero-order chi connectivity index (χ0) is 28.2. The van der Waals surface area contributed by atoms with Crippen molar-refractivity contribution in [2.24, 2.45) is 0 Å². The summed E-state index contributed by atoms with van der Waals surface area (Å²) in [6.45, 7) is 11.1. The van der Waals surface area contributed by atoms with Crippen molar-refractivity contribution in [3.05, 3.63) is 18.0 Å². The number of carbonyl (C=O) groups excluding carboxylic acids is 3. The number of methoxy groups -OCH3 is 1. The van der Waals surface area contributed by atoms with Gasteiger partial charge < -0.3 is 19.1 Å². The van der Waals surface area contributed by atoms with Crippen molar-refractivity contribution in [3.63, 3.8) is 0 Å². The lowest BCUT2D eigenvalue weighted by Crippen LogP contribution is -2.47. The Morgan fingerprint density at radius 1 is 0.946 bits per heavy atom. The Bertz CT molecular complexity index is 952. The van der Waals surface area contributed by atoms with E-state index in [4.69, 9.17) is 14.2 Å². The van der Waals surface area contributed by atoms with Gasteiger partial charge in [-0.3, -0.25) is 4.90 Å². The highest BCUT2D eigenvalue weighted by Crippen LogP contribution is 2.30. The first-order valence-electron chi connectivity index (χ1n) is 11.8. The highest BCUT2D eigenvalue weighted by Gasteiger charge is 2.37. The number of aromatic nitrogens is 1. The highest BCUT2D eigenvalue weighted by molar-refractivity contribution is 6.13. The lowest BCUT2D eigenvalue weighted by atomic mass is 10.2. The van der Waals surface area contributed by atoms with Crippen LogP contribution < -0.4 is 9.80 Å². The number of ether oxygens (including phenoxy) is 3. The standard InChI is InChI=1S/C24H35F3N4O6/c1-22(2,3)36-20(33)31(21(34)37-23(4,5)6)17-14-16(15-28-18(17)19(32)35-7)30-12-10-29(11-13-30)9-8-24(25,26)27/h14-15H,8-13H2,1-7H3. The van der Waals surface area contributed by atoms with Crippen LogP contribution >= 0.6 is 0 Å². The van der Waals surface area contributed by atoms with Crippen LogP contribution in [-0.2, 0) is 14.2 Å². The summed E-state index contributed by atoms with van der Waals surface area (Å²) in [6, 6.07) is 1.42. The lowest BCUT2D eigenvalue weighted by Gasteiger charge is -2.36. The molecule has 2 heterocycles. The molecule has 0 saturated carbocycles. The van der Waals surface area contributed by atoms with Gasteiger partial charge in [-0.25, -0.2) is 19.4 Å². The van der Waals surface area contributed by atoms with Gasteiger partial charge in [-0.15, -0.1) is 0 Å². The SMILES string of the molecule is COC(=O)c1ncc(N2CCN(CCC(F)(F)F)CC2)cc1N(C(=O)OC(C)(C)C)C(=O)OC(C)(C)C. The molecule has 0 radical (unpaired) electrons. The third-order valence-electron chi connectivity index (χ3n) is 5.07. The predicted octanol–water partition coefficient (Wildman–Crippen LogP) is 4.62. The van der Waals surface area contributed by atoms with E-state index in [0.29, 0.717) is 36.8 Å². The molecule has 1 fully saturated rings. The topological polar surface area (TPSA) is 102 Å². The molecule has 2 rings (SSSR count). The number of imide groups is 1. The first kappa shape index (κ1) is 30.1. The van der Waals surface area contributed by atoms with Gasteiger partial charge in [0, 0.05) is 32.7 Å². The molecule has 1 saturated heterocycles. The summed E-state index contributed by atoms with van der Waals surface area (Å²) < 4.78 is 53.3. The summed E-state index contributed by atoms with van der Waals surface area (Å²) in [4.78, 5) is 47.1. The minimum Gasteiger partial charge on any atom is -0.464 e. The minimum absolute atomic E-state index is 0.104. The van der Waals surface area contributed by atoms with E-state index in [1.807, 2.05) is 4.90 Å².